The van der Waals surface area contributed by atoms with Gasteiger partial charge in [0.25, 0.3) is 11.5 Å². The molecule has 0 aliphatic carbocycles. The van der Waals surface area contributed by atoms with Crippen LogP contribution in [0.25, 0.3) is 0 Å². The molecular formula is C7H10N4O3. The van der Waals surface area contributed by atoms with Crippen LogP contribution in [0.4, 0.5) is 5.95 Å². The zero-order valence-corrected chi connectivity index (χ0v) is 7.83. The first kappa shape index (κ1) is 10.2. The molecule has 0 saturated heterocycles. The Morgan fingerprint density at radius 2 is 2.29 bits per heavy atom. The Bertz CT molecular complexity index is 412. The Hall–Kier alpha value is -1.92. The minimum Gasteiger partial charge on any atom is -0.288 e. The van der Waals surface area contributed by atoms with Crippen LogP contribution < -0.4 is 11.0 Å². The van der Waals surface area contributed by atoms with Crippen molar-refractivity contribution in [2.75, 3.05) is 5.43 Å². The summed E-state index contributed by atoms with van der Waals surface area (Å²) in [4.78, 5) is 27.5. The van der Waals surface area contributed by atoms with Crippen molar-refractivity contribution in [3.8, 4) is 0 Å². The van der Waals surface area contributed by atoms with Crippen molar-refractivity contribution < 1.29 is 5.03 Å². The first-order valence-electron chi connectivity index (χ1n) is 4.05. The van der Waals surface area contributed by atoms with Gasteiger partial charge in [-0.05, 0) is 13.3 Å². The molecule has 0 radical (unpaired) electrons. The molecule has 1 heterocycles. The fraction of sp³-hybridized carbons (Fsp3) is 0.429. The molecule has 0 amide bonds. The number of aromatic nitrogens is 2. The summed E-state index contributed by atoms with van der Waals surface area (Å²) in [6, 6.07) is 0. The number of hydrogen-bond acceptors (Lipinski definition) is 4. The van der Waals surface area contributed by atoms with Crippen molar-refractivity contribution in [3.05, 3.63) is 31.7 Å². The van der Waals surface area contributed by atoms with E-state index in [0.717, 1.165) is 0 Å². The molecule has 1 aromatic rings. The quantitative estimate of drug-likeness (QED) is 0.535. The van der Waals surface area contributed by atoms with Crippen LogP contribution in [0, 0.1) is 17.0 Å². The van der Waals surface area contributed by atoms with Crippen LogP contribution in [0.15, 0.2) is 4.79 Å². The van der Waals surface area contributed by atoms with Crippen LogP contribution in [0.5, 0.6) is 0 Å². The number of nitro groups is 1. The van der Waals surface area contributed by atoms with Crippen molar-refractivity contribution in [2.24, 2.45) is 0 Å². The number of aryl methyl sites for hydroxylation is 1. The van der Waals surface area contributed by atoms with E-state index >= 15 is 0 Å². The lowest BCUT2D eigenvalue weighted by atomic mass is 10.2. The van der Waals surface area contributed by atoms with Gasteiger partial charge in [-0.15, -0.1) is 0 Å². The lowest BCUT2D eigenvalue weighted by Crippen LogP contribution is -2.20. The van der Waals surface area contributed by atoms with E-state index < -0.39 is 5.03 Å². The fourth-order valence-electron chi connectivity index (χ4n) is 1.17. The Kier molecular flexibility index (Phi) is 2.80. The fourth-order valence-corrected chi connectivity index (χ4v) is 1.17. The van der Waals surface area contributed by atoms with Gasteiger partial charge in [-0.3, -0.25) is 9.78 Å². The summed E-state index contributed by atoms with van der Waals surface area (Å²) in [5, 5.41) is 9.30. The van der Waals surface area contributed by atoms with Gasteiger partial charge >= 0.3 is 0 Å². The van der Waals surface area contributed by atoms with Gasteiger partial charge in [-0.2, -0.15) is 0 Å². The molecule has 1 aromatic heterocycles. The average Bonchev–Trinajstić information content (AvgIpc) is 2.01. The van der Waals surface area contributed by atoms with Gasteiger partial charge in [-0.1, -0.05) is 12.3 Å². The van der Waals surface area contributed by atoms with Gasteiger partial charge < -0.3 is 0 Å². The molecule has 0 aliphatic heterocycles. The van der Waals surface area contributed by atoms with Gasteiger partial charge in [0.2, 0.25) is 0 Å². The number of nitrogens with one attached hydrogen (secondary N) is 2. The lowest BCUT2D eigenvalue weighted by Gasteiger charge is -2.02. The van der Waals surface area contributed by atoms with E-state index in [1.807, 2.05) is 6.92 Å². The van der Waals surface area contributed by atoms with E-state index in [0.29, 0.717) is 17.7 Å². The van der Waals surface area contributed by atoms with Crippen molar-refractivity contribution in [2.45, 2.75) is 20.3 Å². The van der Waals surface area contributed by atoms with Crippen LogP contribution in [0.2, 0.25) is 0 Å². The Labute approximate surface area is 79.3 Å². The highest BCUT2D eigenvalue weighted by atomic mass is 16.7. The molecule has 7 heteroatoms. The number of aromatic amines is 1. The topological polar surface area (TPSA) is 101 Å². The highest BCUT2D eigenvalue weighted by Crippen LogP contribution is 2.02. The lowest BCUT2D eigenvalue weighted by molar-refractivity contribution is -0.446. The SMILES string of the molecule is CCc1c(C)nc(N[N+](=O)[O-])[nH]c1=O. The van der Waals surface area contributed by atoms with Crippen LogP contribution in [0.1, 0.15) is 18.2 Å². The summed E-state index contributed by atoms with van der Waals surface area (Å²) in [7, 11) is 0. The predicted molar refractivity (Wildman–Crippen MR) is 49.6 cm³/mol. The Balaban J connectivity index is 3.14. The molecule has 7 nitrogen and oxygen atoms in total. The second kappa shape index (κ2) is 3.86. The molecule has 2 N–H and O–H groups in total. The minimum atomic E-state index is -0.774. The molecule has 0 unspecified atom stereocenters. The summed E-state index contributed by atoms with van der Waals surface area (Å²) < 4.78 is 0. The number of H-pyrrole nitrogens is 1. The monoisotopic (exact) mass is 198 g/mol. The number of hydrogen-bond donors (Lipinski definition) is 2. The van der Waals surface area contributed by atoms with Crippen LogP contribution >= 0.6 is 0 Å². The van der Waals surface area contributed by atoms with E-state index in [4.69, 9.17) is 0 Å². The van der Waals surface area contributed by atoms with Gasteiger partial charge in [0.15, 0.2) is 5.03 Å². The first-order valence-corrected chi connectivity index (χ1v) is 4.05. The van der Waals surface area contributed by atoms with Gasteiger partial charge in [0.1, 0.15) is 0 Å². The van der Waals surface area contributed by atoms with Crippen LogP contribution in [0.3, 0.4) is 0 Å². The van der Waals surface area contributed by atoms with E-state index in [9.17, 15) is 14.9 Å². The molecule has 0 saturated carbocycles. The molecule has 0 aromatic carbocycles. The van der Waals surface area contributed by atoms with Crippen molar-refractivity contribution in [3.63, 3.8) is 0 Å². The average molecular weight is 198 g/mol. The van der Waals surface area contributed by atoms with Gasteiger partial charge in [-0.25, -0.2) is 15.1 Å². The van der Waals surface area contributed by atoms with E-state index in [2.05, 4.69) is 9.97 Å². The zero-order chi connectivity index (χ0) is 10.7. The molecule has 0 atom stereocenters. The standard InChI is InChI=1S/C7H10N4O3/c1-3-5-4(2)8-7(9-6(5)12)10-11(13)14/h3H2,1-2H3,(H2,8,9,10,12). The zero-order valence-electron chi connectivity index (χ0n) is 7.83. The summed E-state index contributed by atoms with van der Waals surface area (Å²) in [5.74, 6) is -0.144. The first-order chi connectivity index (χ1) is 6.54. The maximum absolute atomic E-state index is 11.3. The van der Waals surface area contributed by atoms with Crippen LogP contribution in [-0.4, -0.2) is 15.0 Å². The minimum absolute atomic E-state index is 0.144. The largest absolute Gasteiger partial charge is 0.288 e. The maximum Gasteiger partial charge on any atom is 0.265 e. The third-order valence-corrected chi connectivity index (χ3v) is 1.77. The number of nitrogens with zero attached hydrogens (tertiary/aromatic N) is 2. The Morgan fingerprint density at radius 1 is 1.64 bits per heavy atom. The summed E-state index contributed by atoms with van der Waals surface area (Å²) in [6.07, 6.45) is 0.549. The Morgan fingerprint density at radius 3 is 2.71 bits per heavy atom. The third kappa shape index (κ3) is 2.06. The summed E-state index contributed by atoms with van der Waals surface area (Å²) in [5.41, 5.74) is 2.49. The predicted octanol–water partition coefficient (Wildman–Crippen LogP) is 0.244. The number of hydrazine groups is 1. The summed E-state index contributed by atoms with van der Waals surface area (Å²) in [6.45, 7) is 3.46. The van der Waals surface area contributed by atoms with Gasteiger partial charge in [0.05, 0.1) is 5.69 Å². The molecular weight excluding hydrogens is 188 g/mol. The third-order valence-electron chi connectivity index (χ3n) is 1.77. The van der Waals surface area contributed by atoms with Crippen molar-refractivity contribution in [1.29, 1.82) is 0 Å². The molecule has 0 fully saturated rings. The van der Waals surface area contributed by atoms with Gasteiger partial charge in [0, 0.05) is 5.56 Å². The molecule has 0 aliphatic rings. The van der Waals surface area contributed by atoms with E-state index in [1.165, 1.54) is 0 Å². The molecule has 0 bridgehead atoms. The molecule has 0 spiro atoms. The highest BCUT2D eigenvalue weighted by molar-refractivity contribution is 5.26. The number of rotatable bonds is 3. The smallest absolute Gasteiger partial charge is 0.265 e. The summed E-state index contributed by atoms with van der Waals surface area (Å²) >= 11 is 0. The van der Waals surface area contributed by atoms with E-state index in [1.54, 1.807) is 12.3 Å². The molecule has 1 rings (SSSR count). The van der Waals surface area contributed by atoms with Crippen LogP contribution in [-0.2, 0) is 6.42 Å². The normalized spacial score (nSPS) is 9.86. The van der Waals surface area contributed by atoms with Crippen molar-refractivity contribution in [1.82, 2.24) is 9.97 Å². The maximum atomic E-state index is 11.3. The van der Waals surface area contributed by atoms with E-state index in [-0.39, 0.29) is 11.5 Å². The number of anilines is 1. The van der Waals surface area contributed by atoms with Crippen molar-refractivity contribution >= 4 is 5.95 Å². The second-order valence-electron chi connectivity index (χ2n) is 2.70. The molecule has 76 valence electrons. The second-order valence-corrected chi connectivity index (χ2v) is 2.70. The highest BCUT2D eigenvalue weighted by Gasteiger charge is 2.08. The molecule has 14 heavy (non-hydrogen) atoms.